The van der Waals surface area contributed by atoms with E-state index >= 15 is 0 Å². The maximum Gasteiger partial charge on any atom is 0.299 e. The summed E-state index contributed by atoms with van der Waals surface area (Å²) < 4.78 is 18.6. The molecule has 0 aliphatic rings. The molecule has 0 aliphatic carbocycles. The third kappa shape index (κ3) is 4.16. The number of halogens is 1. The molecule has 0 saturated carbocycles. The number of benzene rings is 3. The molecule has 0 atom stereocenters. The fourth-order valence-electron chi connectivity index (χ4n) is 2.70. The van der Waals surface area contributed by atoms with E-state index in [1.807, 2.05) is 48.5 Å². The Morgan fingerprint density at radius 1 is 0.720 bits per heavy atom. The summed E-state index contributed by atoms with van der Waals surface area (Å²) in [5, 5.41) is 2.43. The lowest BCUT2D eigenvalue weighted by Crippen LogP contribution is -2.47. The number of ether oxygens (including phenoxy) is 2. The van der Waals surface area contributed by atoms with E-state index in [4.69, 9.17) is 13.9 Å². The minimum Gasteiger partial charge on any atom is -0.535 e. The first-order chi connectivity index (χ1) is 12.2. The van der Waals surface area contributed by atoms with E-state index in [0.29, 0.717) is 11.5 Å². The van der Waals surface area contributed by atoms with Gasteiger partial charge in [0, 0.05) is 3.57 Å². The van der Waals surface area contributed by atoms with Gasteiger partial charge < -0.3 is 13.9 Å². The second-order valence-corrected chi connectivity index (χ2v) is 9.03. The Bertz CT molecular complexity index is 786. The van der Waals surface area contributed by atoms with E-state index in [0.717, 1.165) is 9.32 Å². The summed E-state index contributed by atoms with van der Waals surface area (Å²) in [6, 6.07) is 24.7. The van der Waals surface area contributed by atoms with Crippen LogP contribution in [0.1, 0.15) is 0 Å². The molecule has 128 valence electrons. The quantitative estimate of drug-likeness (QED) is 0.416. The molecule has 0 bridgehead atoms. The molecule has 0 unspecified atom stereocenters. The summed E-state index contributed by atoms with van der Waals surface area (Å²) in [5.41, 5.74) is 0. The lowest BCUT2D eigenvalue weighted by atomic mass is 10.3. The van der Waals surface area contributed by atoms with Crippen LogP contribution in [-0.4, -0.2) is 23.3 Å². The molecule has 0 radical (unpaired) electrons. The lowest BCUT2D eigenvalue weighted by Gasteiger charge is -2.21. The first-order valence-electron chi connectivity index (χ1n) is 7.91. The van der Waals surface area contributed by atoms with Crippen molar-refractivity contribution in [2.45, 2.75) is 0 Å². The van der Waals surface area contributed by atoms with Crippen molar-refractivity contribution in [2.75, 3.05) is 14.2 Å². The molecule has 3 aromatic carbocycles. The smallest absolute Gasteiger partial charge is 0.299 e. The predicted molar refractivity (Wildman–Crippen MR) is 112 cm³/mol. The lowest BCUT2D eigenvalue weighted by molar-refractivity contribution is 0.344. The Hall–Kier alpha value is -1.99. The van der Waals surface area contributed by atoms with Crippen molar-refractivity contribution in [2.24, 2.45) is 0 Å². The first-order valence-corrected chi connectivity index (χ1v) is 10.6. The van der Waals surface area contributed by atoms with Crippen molar-refractivity contribution < 1.29 is 13.9 Å². The largest absolute Gasteiger partial charge is 0.535 e. The Kier molecular flexibility index (Phi) is 5.98. The van der Waals surface area contributed by atoms with Gasteiger partial charge in [-0.1, -0.05) is 60.7 Å². The number of hydrogen-bond donors (Lipinski definition) is 0. The van der Waals surface area contributed by atoms with Gasteiger partial charge in [0.05, 0.1) is 14.2 Å². The summed E-state index contributed by atoms with van der Waals surface area (Å²) in [7, 11) is 1.37. The Labute approximate surface area is 163 Å². The number of rotatable bonds is 6. The Morgan fingerprint density at radius 3 is 1.72 bits per heavy atom. The summed E-state index contributed by atoms with van der Waals surface area (Å²) >= 11 is 2.26. The van der Waals surface area contributed by atoms with Crippen molar-refractivity contribution in [1.29, 1.82) is 0 Å². The second kappa shape index (κ2) is 8.40. The van der Waals surface area contributed by atoms with Crippen LogP contribution in [0.15, 0.2) is 72.8 Å². The maximum absolute atomic E-state index is 6.56. The first kappa shape index (κ1) is 17.8. The van der Waals surface area contributed by atoms with Crippen LogP contribution in [0, 0.1) is 3.57 Å². The molecule has 0 amide bonds. The molecule has 5 heteroatoms. The molecule has 0 fully saturated rings. The van der Waals surface area contributed by atoms with Gasteiger partial charge >= 0.3 is 0 Å². The van der Waals surface area contributed by atoms with Crippen molar-refractivity contribution in [3.63, 3.8) is 0 Å². The molecule has 0 heterocycles. The van der Waals surface area contributed by atoms with Gasteiger partial charge in [-0.15, -0.1) is 0 Å². The van der Waals surface area contributed by atoms with Gasteiger partial charge in [0.15, 0.2) is 11.5 Å². The van der Waals surface area contributed by atoms with Crippen molar-refractivity contribution in [1.82, 2.24) is 0 Å². The number of hydrogen-bond acceptors (Lipinski definition) is 3. The van der Waals surface area contributed by atoms with Crippen LogP contribution in [0.2, 0.25) is 0 Å². The monoisotopic (exact) mass is 462 g/mol. The van der Waals surface area contributed by atoms with Gasteiger partial charge in [-0.05, 0) is 45.1 Å². The van der Waals surface area contributed by atoms with Crippen LogP contribution in [0.5, 0.6) is 17.2 Å². The van der Waals surface area contributed by atoms with Gasteiger partial charge in [-0.3, -0.25) is 0 Å². The molecule has 3 rings (SSSR count). The molecular formula is C20H19IO3Si. The summed E-state index contributed by atoms with van der Waals surface area (Å²) in [5.74, 6) is 2.03. The highest BCUT2D eigenvalue weighted by Gasteiger charge is 2.23. The van der Waals surface area contributed by atoms with Crippen LogP contribution in [0.3, 0.4) is 0 Å². The molecule has 0 N–H and O–H groups in total. The fraction of sp³-hybridized carbons (Fsp3) is 0.100. The molecule has 0 aliphatic heterocycles. The van der Waals surface area contributed by atoms with Gasteiger partial charge in [0.25, 0.3) is 9.04 Å². The molecule has 3 nitrogen and oxygen atoms in total. The van der Waals surface area contributed by atoms with E-state index in [9.17, 15) is 0 Å². The third-order valence-corrected chi connectivity index (χ3v) is 6.95. The van der Waals surface area contributed by atoms with Gasteiger partial charge in [-0.2, -0.15) is 0 Å². The SMILES string of the molecule is COc1cc(I)cc(O[SiH](c2ccccc2)c2ccccc2)c1OC. The van der Waals surface area contributed by atoms with E-state index < -0.39 is 9.04 Å². The van der Waals surface area contributed by atoms with Gasteiger partial charge in [0.2, 0.25) is 5.75 Å². The molecule has 3 aromatic rings. The van der Waals surface area contributed by atoms with Gasteiger partial charge in [0.1, 0.15) is 0 Å². The molecule has 0 saturated heterocycles. The molecule has 0 aromatic heterocycles. The van der Waals surface area contributed by atoms with E-state index in [2.05, 4.69) is 46.9 Å². The molecule has 0 spiro atoms. The van der Waals surface area contributed by atoms with Crippen LogP contribution in [0.4, 0.5) is 0 Å². The zero-order valence-electron chi connectivity index (χ0n) is 14.1. The van der Waals surface area contributed by atoms with Crippen molar-refractivity contribution in [3.8, 4) is 17.2 Å². The zero-order chi connectivity index (χ0) is 17.6. The summed E-state index contributed by atoms with van der Waals surface area (Å²) in [6.07, 6.45) is 0. The standard InChI is InChI=1S/C20H19IO3Si/c1-22-18-13-15(21)14-19(20(18)23-2)24-25(16-9-5-3-6-10-16)17-11-7-4-8-12-17/h3-14,25H,1-2H3. The van der Waals surface area contributed by atoms with Crippen LogP contribution >= 0.6 is 22.6 Å². The molecular weight excluding hydrogens is 443 g/mol. The van der Waals surface area contributed by atoms with Crippen LogP contribution < -0.4 is 24.3 Å². The van der Waals surface area contributed by atoms with Gasteiger partial charge in [-0.25, -0.2) is 0 Å². The molecule has 25 heavy (non-hydrogen) atoms. The highest BCUT2D eigenvalue weighted by molar-refractivity contribution is 14.1. The minimum atomic E-state index is -1.91. The average Bonchev–Trinajstić information content (AvgIpc) is 2.67. The maximum atomic E-state index is 6.56. The Morgan fingerprint density at radius 2 is 1.24 bits per heavy atom. The number of methoxy groups -OCH3 is 2. The highest BCUT2D eigenvalue weighted by Crippen LogP contribution is 2.39. The fourth-order valence-corrected chi connectivity index (χ4v) is 5.49. The predicted octanol–water partition coefficient (Wildman–Crippen LogP) is 3.23. The Balaban J connectivity index is 2.06. The summed E-state index contributed by atoms with van der Waals surface area (Å²) in [6.45, 7) is 0. The van der Waals surface area contributed by atoms with Crippen LogP contribution in [0.25, 0.3) is 0 Å². The highest BCUT2D eigenvalue weighted by atomic mass is 127. The van der Waals surface area contributed by atoms with Crippen molar-refractivity contribution in [3.05, 3.63) is 76.4 Å². The van der Waals surface area contributed by atoms with Crippen LogP contribution in [-0.2, 0) is 0 Å². The topological polar surface area (TPSA) is 27.7 Å². The summed E-state index contributed by atoms with van der Waals surface area (Å²) in [4.78, 5) is 0. The average molecular weight is 462 g/mol. The zero-order valence-corrected chi connectivity index (χ0v) is 17.4. The van der Waals surface area contributed by atoms with E-state index in [1.54, 1.807) is 14.2 Å². The minimum absolute atomic E-state index is 0.632. The third-order valence-electron chi connectivity index (χ3n) is 3.86. The second-order valence-electron chi connectivity index (χ2n) is 5.46. The normalized spacial score (nSPS) is 10.6. The van der Waals surface area contributed by atoms with E-state index in [1.165, 1.54) is 10.4 Å². The van der Waals surface area contributed by atoms with E-state index in [-0.39, 0.29) is 0 Å². The van der Waals surface area contributed by atoms with Crippen molar-refractivity contribution >= 4 is 42.0 Å².